The van der Waals surface area contributed by atoms with Crippen LogP contribution in [0.3, 0.4) is 0 Å². The number of sulfone groups is 1. The summed E-state index contributed by atoms with van der Waals surface area (Å²) in [6.45, 7) is 3.60. The number of nitrogens with zero attached hydrogens (tertiary/aromatic N) is 2. The predicted molar refractivity (Wildman–Crippen MR) is 96.5 cm³/mol. The van der Waals surface area contributed by atoms with Gasteiger partial charge in [0.25, 0.3) is 6.43 Å². The smallest absolute Gasteiger partial charge is 0.232 e. The minimum Gasteiger partial charge on any atom is -0.232 e. The second kappa shape index (κ2) is 7.05. The van der Waals surface area contributed by atoms with Crippen LogP contribution in [0.15, 0.2) is 41.3 Å². The van der Waals surface area contributed by atoms with Gasteiger partial charge >= 0.3 is 0 Å². The van der Waals surface area contributed by atoms with Crippen LogP contribution in [-0.2, 0) is 9.84 Å². The van der Waals surface area contributed by atoms with Crippen LogP contribution in [0.5, 0.6) is 0 Å². The number of aryl methyl sites for hydroxylation is 2. The Morgan fingerprint density at radius 3 is 2.07 bits per heavy atom. The first-order chi connectivity index (χ1) is 13.0. The van der Waals surface area contributed by atoms with Gasteiger partial charge in [-0.2, -0.15) is 5.10 Å². The van der Waals surface area contributed by atoms with E-state index in [9.17, 15) is 26.0 Å². The van der Waals surface area contributed by atoms with E-state index in [0.29, 0.717) is 17.8 Å². The summed E-state index contributed by atoms with van der Waals surface area (Å²) in [5, 5.41) is 3.84. The largest absolute Gasteiger partial charge is 0.282 e. The molecule has 3 aromatic rings. The molecule has 0 bridgehead atoms. The van der Waals surface area contributed by atoms with E-state index < -0.39 is 38.5 Å². The molecule has 0 aliphatic carbocycles. The summed E-state index contributed by atoms with van der Waals surface area (Å²) in [6.07, 6.45) is -2.17. The molecule has 28 heavy (non-hydrogen) atoms. The lowest BCUT2D eigenvalue weighted by molar-refractivity contribution is 0.145. The van der Waals surface area contributed by atoms with Crippen molar-refractivity contribution in [2.45, 2.75) is 25.2 Å². The van der Waals surface area contributed by atoms with Gasteiger partial charge in [-0.1, -0.05) is 6.07 Å². The molecule has 0 aliphatic heterocycles. The highest BCUT2D eigenvalue weighted by molar-refractivity contribution is 7.90. The summed E-state index contributed by atoms with van der Waals surface area (Å²) in [5.41, 5.74) is 0.955. The van der Waals surface area contributed by atoms with Gasteiger partial charge in [-0.25, -0.2) is 30.7 Å². The highest BCUT2D eigenvalue weighted by Gasteiger charge is 2.23. The molecule has 0 aliphatic rings. The molecule has 1 aromatic heterocycles. The number of hydrogen-bond donors (Lipinski definition) is 0. The average molecular weight is 412 g/mol. The number of halogens is 4. The molecule has 4 nitrogen and oxygen atoms in total. The molecule has 0 saturated carbocycles. The predicted octanol–water partition coefficient (Wildman–Crippen LogP) is 4.78. The van der Waals surface area contributed by atoms with E-state index in [0.717, 1.165) is 28.1 Å². The molecule has 0 unspecified atom stereocenters. The molecule has 9 heteroatoms. The Morgan fingerprint density at radius 2 is 1.54 bits per heavy atom. The van der Waals surface area contributed by atoms with Crippen molar-refractivity contribution in [2.24, 2.45) is 0 Å². The summed E-state index contributed by atoms with van der Waals surface area (Å²) in [6, 6.07) is 7.37. The second-order valence-electron chi connectivity index (χ2n) is 6.55. The summed E-state index contributed by atoms with van der Waals surface area (Å²) in [7, 11) is -3.99. The summed E-state index contributed by atoms with van der Waals surface area (Å²) < 4.78 is 79.7. The number of benzene rings is 2. The lowest BCUT2D eigenvalue weighted by Crippen LogP contribution is -2.05. The topological polar surface area (TPSA) is 52.0 Å². The highest BCUT2D eigenvalue weighted by atomic mass is 32.2. The van der Waals surface area contributed by atoms with Gasteiger partial charge in [0.15, 0.2) is 9.84 Å². The molecule has 0 saturated heterocycles. The lowest BCUT2D eigenvalue weighted by Gasteiger charge is -2.11. The number of aromatic nitrogens is 2. The van der Waals surface area contributed by atoms with Crippen molar-refractivity contribution in [1.82, 2.24) is 9.78 Å². The highest BCUT2D eigenvalue weighted by Crippen LogP contribution is 2.32. The van der Waals surface area contributed by atoms with Crippen molar-refractivity contribution < 1.29 is 26.0 Å². The number of alkyl halides is 2. The van der Waals surface area contributed by atoms with E-state index in [1.807, 2.05) is 6.07 Å². The molecule has 148 valence electrons. The molecule has 2 aromatic carbocycles. The quantitative estimate of drug-likeness (QED) is 0.580. The van der Waals surface area contributed by atoms with Crippen LogP contribution < -0.4 is 0 Å². The van der Waals surface area contributed by atoms with E-state index in [1.54, 1.807) is 26.0 Å². The first-order valence-electron chi connectivity index (χ1n) is 8.13. The lowest BCUT2D eigenvalue weighted by atomic mass is 10.1. The zero-order chi connectivity index (χ0) is 20.8. The van der Waals surface area contributed by atoms with Crippen molar-refractivity contribution in [3.05, 3.63) is 64.9 Å². The van der Waals surface area contributed by atoms with E-state index in [4.69, 9.17) is 0 Å². The molecule has 0 spiro atoms. The molecule has 3 rings (SSSR count). The Morgan fingerprint density at radius 1 is 0.929 bits per heavy atom. The monoisotopic (exact) mass is 412 g/mol. The maximum atomic E-state index is 14.7. The van der Waals surface area contributed by atoms with Crippen molar-refractivity contribution in [3.63, 3.8) is 0 Å². The van der Waals surface area contributed by atoms with Crippen LogP contribution in [0.4, 0.5) is 17.6 Å². The summed E-state index contributed by atoms with van der Waals surface area (Å²) >= 11 is 0. The van der Waals surface area contributed by atoms with Crippen molar-refractivity contribution >= 4 is 9.84 Å². The third-order valence-corrected chi connectivity index (χ3v) is 5.21. The number of hydrogen-bond acceptors (Lipinski definition) is 3. The maximum Gasteiger partial charge on any atom is 0.282 e. The van der Waals surface area contributed by atoms with Gasteiger partial charge in [0.1, 0.15) is 22.2 Å². The third kappa shape index (κ3) is 3.80. The van der Waals surface area contributed by atoms with Crippen LogP contribution in [-0.4, -0.2) is 24.5 Å². The molecule has 0 atom stereocenters. The van der Waals surface area contributed by atoms with E-state index in [2.05, 4.69) is 5.10 Å². The Balaban J connectivity index is 2.29. The van der Waals surface area contributed by atoms with Gasteiger partial charge in [0.2, 0.25) is 0 Å². The molecular weight excluding hydrogens is 396 g/mol. The first-order valence-corrected chi connectivity index (χ1v) is 10.0. The molecule has 1 heterocycles. The minimum absolute atomic E-state index is 0.114. The average Bonchev–Trinajstić information content (AvgIpc) is 3.00. The maximum absolute atomic E-state index is 14.7. The zero-order valence-electron chi connectivity index (χ0n) is 15.2. The van der Waals surface area contributed by atoms with Crippen molar-refractivity contribution in [2.75, 3.05) is 6.26 Å². The van der Waals surface area contributed by atoms with Gasteiger partial charge in [-0.3, -0.25) is 0 Å². The van der Waals surface area contributed by atoms with Gasteiger partial charge in [0.05, 0.1) is 11.4 Å². The first kappa shape index (κ1) is 20.1. The standard InChI is InChI=1S/C19H16F4N2O2S/c1-10-4-11(2)6-12(5-10)25-17(9-16(24-25)19(22)23)13-7-15(21)18(8-14(13)20)28(3,26)27/h4-9,19H,1-3H3. The van der Waals surface area contributed by atoms with Crippen LogP contribution in [0, 0.1) is 25.5 Å². The van der Waals surface area contributed by atoms with Crippen LogP contribution in [0.1, 0.15) is 23.2 Å². The third-order valence-electron chi connectivity index (χ3n) is 4.10. The Labute approximate surface area is 159 Å². The van der Waals surface area contributed by atoms with Gasteiger partial charge in [0, 0.05) is 11.8 Å². The van der Waals surface area contributed by atoms with Crippen molar-refractivity contribution in [1.29, 1.82) is 0 Å². The van der Waals surface area contributed by atoms with Crippen LogP contribution in [0.2, 0.25) is 0 Å². The van der Waals surface area contributed by atoms with E-state index >= 15 is 0 Å². The summed E-state index contributed by atoms with van der Waals surface area (Å²) in [5.74, 6) is -2.24. The zero-order valence-corrected chi connectivity index (χ0v) is 16.0. The fourth-order valence-corrected chi connectivity index (χ4v) is 3.71. The fraction of sp³-hybridized carbons (Fsp3) is 0.211. The summed E-state index contributed by atoms with van der Waals surface area (Å²) in [4.78, 5) is -0.805. The normalized spacial score (nSPS) is 12.0. The minimum atomic E-state index is -3.99. The Kier molecular flexibility index (Phi) is 5.05. The van der Waals surface area contributed by atoms with E-state index in [1.165, 1.54) is 0 Å². The molecule has 0 N–H and O–H groups in total. The van der Waals surface area contributed by atoms with Gasteiger partial charge in [-0.15, -0.1) is 0 Å². The van der Waals surface area contributed by atoms with Crippen LogP contribution in [0.25, 0.3) is 16.9 Å². The van der Waals surface area contributed by atoms with Gasteiger partial charge < -0.3 is 0 Å². The fourth-order valence-electron chi connectivity index (χ4n) is 2.98. The SMILES string of the molecule is Cc1cc(C)cc(-n2nc(C(F)F)cc2-c2cc(F)c(S(C)(=O)=O)cc2F)c1. The Hall–Kier alpha value is -2.68. The van der Waals surface area contributed by atoms with Crippen LogP contribution >= 0.6 is 0 Å². The molecule has 0 fully saturated rings. The van der Waals surface area contributed by atoms with Crippen molar-refractivity contribution in [3.8, 4) is 16.9 Å². The molecular formula is C19H16F4N2O2S. The second-order valence-corrected chi connectivity index (χ2v) is 8.53. The Bertz CT molecular complexity index is 1150. The molecule has 0 amide bonds. The van der Waals surface area contributed by atoms with E-state index in [-0.39, 0.29) is 11.3 Å². The van der Waals surface area contributed by atoms with Gasteiger partial charge in [-0.05, 0) is 55.3 Å². The number of rotatable bonds is 4. The molecule has 0 radical (unpaired) electrons.